The van der Waals surface area contributed by atoms with E-state index in [1.54, 1.807) is 19.3 Å². The summed E-state index contributed by atoms with van der Waals surface area (Å²) >= 11 is 1.36. The number of rotatable bonds is 2. The zero-order valence-electron chi connectivity index (χ0n) is 12.2. The molecule has 2 rings (SSSR count). The number of nitrogens with one attached hydrogen (secondary N) is 1. The molecule has 1 N–H and O–H groups in total. The van der Waals surface area contributed by atoms with Crippen LogP contribution in [0.1, 0.15) is 52.1 Å². The number of hydrogen-bond acceptors (Lipinski definition) is 5. The van der Waals surface area contributed by atoms with Gasteiger partial charge in [-0.15, -0.1) is 11.3 Å². The molecule has 0 aliphatic heterocycles. The number of Topliss-reactive ketones (excluding diaryl/α,β-unsaturated/α-hetero) is 1. The van der Waals surface area contributed by atoms with Gasteiger partial charge in [-0.3, -0.25) is 4.79 Å². The van der Waals surface area contributed by atoms with E-state index in [1.807, 2.05) is 20.8 Å². The predicted molar refractivity (Wildman–Crippen MR) is 79.3 cm³/mol. The summed E-state index contributed by atoms with van der Waals surface area (Å²) in [6, 6.07) is 1.67. The van der Waals surface area contributed by atoms with Crippen LogP contribution in [0.25, 0.3) is 0 Å². The summed E-state index contributed by atoms with van der Waals surface area (Å²) < 4.78 is 5.34. The molecule has 0 saturated heterocycles. The van der Waals surface area contributed by atoms with Crippen LogP contribution in [-0.2, 0) is 11.2 Å². The molecule has 108 valence electrons. The third-order valence-electron chi connectivity index (χ3n) is 2.89. The molecule has 0 spiro atoms. The molecule has 1 aliphatic carbocycles. The molecule has 0 unspecified atom stereocenters. The van der Waals surface area contributed by atoms with Gasteiger partial charge in [-0.05, 0) is 39.7 Å². The highest BCUT2D eigenvalue weighted by molar-refractivity contribution is 7.14. The fourth-order valence-electron chi connectivity index (χ4n) is 2.08. The van der Waals surface area contributed by atoms with Crippen molar-refractivity contribution in [2.75, 3.05) is 7.05 Å². The predicted octanol–water partition coefficient (Wildman–Crippen LogP) is 2.94. The maximum atomic E-state index is 12.3. The molecule has 0 saturated carbocycles. The molecule has 0 amide bonds. The highest BCUT2D eigenvalue weighted by Gasteiger charge is 2.28. The van der Waals surface area contributed by atoms with Crippen molar-refractivity contribution < 1.29 is 14.3 Å². The highest BCUT2D eigenvalue weighted by Crippen LogP contribution is 2.32. The summed E-state index contributed by atoms with van der Waals surface area (Å²) in [7, 11) is 1.77. The van der Waals surface area contributed by atoms with Gasteiger partial charge in [-0.25, -0.2) is 4.79 Å². The quantitative estimate of drug-likeness (QED) is 0.673. The number of carbonyl (C=O) groups excluding carboxylic acids is 2. The summed E-state index contributed by atoms with van der Waals surface area (Å²) in [6.07, 6.45) is 3.24. The van der Waals surface area contributed by atoms with Crippen LogP contribution < -0.4 is 5.32 Å². The average molecular weight is 293 g/mol. The Bertz CT molecular complexity index is 578. The van der Waals surface area contributed by atoms with Gasteiger partial charge in [0, 0.05) is 29.3 Å². The molecule has 0 fully saturated rings. The minimum Gasteiger partial charge on any atom is -0.456 e. The summed E-state index contributed by atoms with van der Waals surface area (Å²) in [5.74, 6) is -0.351. The lowest BCUT2D eigenvalue weighted by atomic mass is 9.93. The first-order valence-electron chi connectivity index (χ1n) is 6.59. The van der Waals surface area contributed by atoms with E-state index in [2.05, 4.69) is 5.32 Å². The van der Waals surface area contributed by atoms with Crippen molar-refractivity contribution in [1.29, 1.82) is 0 Å². The SMILES string of the molecule is CN/C=C1/CCc2sc(C(=O)OC(C)(C)C)cc2C1=O. The van der Waals surface area contributed by atoms with Crippen molar-refractivity contribution in [1.82, 2.24) is 5.32 Å². The molecular weight excluding hydrogens is 274 g/mol. The number of fused-ring (bicyclic) bond motifs is 1. The van der Waals surface area contributed by atoms with Crippen molar-refractivity contribution in [3.63, 3.8) is 0 Å². The molecule has 0 aromatic carbocycles. The smallest absolute Gasteiger partial charge is 0.348 e. The fourth-order valence-corrected chi connectivity index (χ4v) is 3.12. The Morgan fingerprint density at radius 2 is 2.10 bits per heavy atom. The number of hydrogen-bond donors (Lipinski definition) is 1. The molecule has 0 atom stereocenters. The molecule has 4 nitrogen and oxygen atoms in total. The fraction of sp³-hybridized carbons (Fsp3) is 0.467. The maximum absolute atomic E-state index is 12.3. The van der Waals surface area contributed by atoms with E-state index < -0.39 is 5.60 Å². The van der Waals surface area contributed by atoms with Crippen LogP contribution in [0.15, 0.2) is 17.8 Å². The van der Waals surface area contributed by atoms with E-state index in [-0.39, 0.29) is 11.8 Å². The van der Waals surface area contributed by atoms with Crippen LogP contribution in [0.3, 0.4) is 0 Å². The molecule has 1 aromatic rings. The standard InChI is InChI=1S/C15H19NO3S/c1-15(2,3)19-14(18)12-7-10-11(20-12)6-5-9(8-16-4)13(10)17/h7-8,16H,5-6H2,1-4H3/b9-8-. The van der Waals surface area contributed by atoms with Gasteiger partial charge >= 0.3 is 5.97 Å². The van der Waals surface area contributed by atoms with E-state index in [9.17, 15) is 9.59 Å². The third-order valence-corrected chi connectivity index (χ3v) is 4.06. The molecule has 1 aliphatic rings. The van der Waals surface area contributed by atoms with Crippen molar-refractivity contribution in [2.24, 2.45) is 0 Å². The molecule has 20 heavy (non-hydrogen) atoms. The zero-order valence-corrected chi connectivity index (χ0v) is 13.0. The lowest BCUT2D eigenvalue weighted by molar-refractivity contribution is 0.00752. The number of ether oxygens (including phenoxy) is 1. The van der Waals surface area contributed by atoms with Crippen LogP contribution in [0, 0.1) is 0 Å². The van der Waals surface area contributed by atoms with Gasteiger partial charge in [0.1, 0.15) is 10.5 Å². The van der Waals surface area contributed by atoms with E-state index in [0.29, 0.717) is 16.9 Å². The molecule has 0 bridgehead atoms. The van der Waals surface area contributed by atoms with E-state index in [1.165, 1.54) is 11.3 Å². The molecule has 1 heterocycles. The Kier molecular flexibility index (Phi) is 3.99. The lowest BCUT2D eigenvalue weighted by Crippen LogP contribution is -2.23. The Morgan fingerprint density at radius 3 is 2.70 bits per heavy atom. The Balaban J connectivity index is 2.27. The Morgan fingerprint density at radius 1 is 1.40 bits per heavy atom. The summed E-state index contributed by atoms with van der Waals surface area (Å²) in [4.78, 5) is 25.8. The summed E-state index contributed by atoms with van der Waals surface area (Å²) in [5, 5.41) is 2.89. The van der Waals surface area contributed by atoms with E-state index in [0.717, 1.165) is 16.9 Å². The molecule has 0 radical (unpaired) electrons. The number of ketones is 1. The van der Waals surface area contributed by atoms with E-state index >= 15 is 0 Å². The van der Waals surface area contributed by atoms with Gasteiger partial charge < -0.3 is 10.1 Å². The highest BCUT2D eigenvalue weighted by atomic mass is 32.1. The zero-order chi connectivity index (χ0) is 14.9. The van der Waals surface area contributed by atoms with Crippen molar-refractivity contribution in [2.45, 2.75) is 39.2 Å². The van der Waals surface area contributed by atoms with Crippen LogP contribution in [0.5, 0.6) is 0 Å². The lowest BCUT2D eigenvalue weighted by Gasteiger charge is -2.18. The molecule has 1 aromatic heterocycles. The number of aryl methyl sites for hydroxylation is 1. The number of esters is 1. The first kappa shape index (κ1) is 14.8. The van der Waals surface area contributed by atoms with Crippen molar-refractivity contribution >= 4 is 23.1 Å². The summed E-state index contributed by atoms with van der Waals surface area (Å²) in [6.45, 7) is 5.49. The maximum Gasteiger partial charge on any atom is 0.348 e. The largest absolute Gasteiger partial charge is 0.456 e. The van der Waals surface area contributed by atoms with Crippen LogP contribution in [0.2, 0.25) is 0 Å². The minimum atomic E-state index is -0.525. The second-order valence-corrected chi connectivity index (χ2v) is 6.87. The van der Waals surface area contributed by atoms with Gasteiger partial charge in [0.15, 0.2) is 5.78 Å². The monoisotopic (exact) mass is 293 g/mol. The molecule has 5 heteroatoms. The van der Waals surface area contributed by atoms with Gasteiger partial charge in [0.05, 0.1) is 0 Å². The van der Waals surface area contributed by atoms with Crippen molar-refractivity contribution in [3.05, 3.63) is 33.2 Å². The Hall–Kier alpha value is -1.62. The van der Waals surface area contributed by atoms with Crippen molar-refractivity contribution in [3.8, 4) is 0 Å². The van der Waals surface area contributed by atoms with Gasteiger partial charge in [0.2, 0.25) is 0 Å². The minimum absolute atomic E-state index is 0.00617. The van der Waals surface area contributed by atoms with Crippen LogP contribution in [-0.4, -0.2) is 24.4 Å². The second kappa shape index (κ2) is 5.40. The van der Waals surface area contributed by atoms with Gasteiger partial charge in [0.25, 0.3) is 0 Å². The third kappa shape index (κ3) is 3.10. The van der Waals surface area contributed by atoms with E-state index in [4.69, 9.17) is 4.74 Å². The molecular formula is C15H19NO3S. The van der Waals surface area contributed by atoms with Crippen LogP contribution >= 0.6 is 11.3 Å². The second-order valence-electron chi connectivity index (χ2n) is 5.74. The normalized spacial score (nSPS) is 17.0. The first-order chi connectivity index (χ1) is 9.31. The Labute approximate surface area is 122 Å². The first-order valence-corrected chi connectivity index (χ1v) is 7.40. The number of carbonyl (C=O) groups is 2. The van der Waals surface area contributed by atoms with Gasteiger partial charge in [-0.2, -0.15) is 0 Å². The summed E-state index contributed by atoms with van der Waals surface area (Å²) in [5.41, 5.74) is 0.875. The van der Waals surface area contributed by atoms with Crippen LogP contribution in [0.4, 0.5) is 0 Å². The topological polar surface area (TPSA) is 55.4 Å². The number of thiophene rings is 1. The average Bonchev–Trinajstić information content (AvgIpc) is 2.76. The van der Waals surface area contributed by atoms with Gasteiger partial charge in [-0.1, -0.05) is 0 Å². The number of allylic oxidation sites excluding steroid dienone is 1.